The minimum absolute atomic E-state index is 0.166. The summed E-state index contributed by atoms with van der Waals surface area (Å²) in [5, 5.41) is 0. The topological polar surface area (TPSA) is 29.3 Å². The molecular weight excluding hydrogens is 1100 g/mol. The third-order valence-corrected chi connectivity index (χ3v) is 19.3. The van der Waals surface area contributed by atoms with Gasteiger partial charge < -0.3 is 28.9 Å². The van der Waals surface area contributed by atoms with Crippen LogP contribution >= 0.6 is 0 Å². The van der Waals surface area contributed by atoms with E-state index in [9.17, 15) is 0 Å². The maximum atomic E-state index is 7.83. The molecule has 0 bridgehead atoms. The normalized spacial score (nSPS) is 13.2. The molecule has 0 N–H and O–H groups in total. The largest absolute Gasteiger partial charge is 0.452 e. The summed E-state index contributed by atoms with van der Waals surface area (Å²) in [4.78, 5) is 12.8. The third-order valence-electron chi connectivity index (χ3n) is 19.3. The van der Waals surface area contributed by atoms with Gasteiger partial charge in [0.25, 0.3) is 13.4 Å². The Labute approximate surface area is 530 Å². The Kier molecular flexibility index (Phi) is 11.4. The molecular formula is C83H55B2N5O. The molecule has 0 amide bonds. The molecule has 0 atom stereocenters. The zero-order chi connectivity index (χ0) is 59.8. The van der Waals surface area contributed by atoms with Gasteiger partial charge >= 0.3 is 0 Å². The van der Waals surface area contributed by atoms with E-state index in [1.54, 1.807) is 0 Å². The van der Waals surface area contributed by atoms with Crippen LogP contribution in [0.25, 0.3) is 44.9 Å². The van der Waals surface area contributed by atoms with Crippen molar-refractivity contribution in [2.45, 2.75) is 6.92 Å². The highest BCUT2D eigenvalue weighted by atomic mass is 16.3. The standard InChI is InChI=1S/C83H55B2N5O/c1-54-48-72-76-73(49-54)89-79-68(85(76)69-50-59(55-26-10-2-11-27-55)43-47-70(69)87(72)63-38-22-8-23-39-63)46-45-67-78(79)90(81-80(89)82(57-30-14-4-15-31-57)91-83(81)58-32-16-5-17-33-58)75-53-65(86(61-34-18-6-19-35-61)62-36-20-7-21-37-62)52-74-77(75)84(67)66-44-42-60(56-28-12-3-13-29-56)51-71(66)88(74)64-40-24-9-25-41-64/h2-53H,1H3. The molecule has 5 aliphatic rings. The zero-order valence-corrected chi connectivity index (χ0v) is 49.8. The maximum Gasteiger partial charge on any atom is 0.252 e. The number of hydrogen-bond donors (Lipinski definition) is 0. The second-order valence-electron chi connectivity index (χ2n) is 24.4. The molecule has 5 aliphatic heterocycles. The van der Waals surface area contributed by atoms with Crippen molar-refractivity contribution >= 4 is 132 Å². The lowest BCUT2D eigenvalue weighted by Gasteiger charge is -2.51. The second kappa shape index (κ2) is 20.2. The van der Waals surface area contributed by atoms with Crippen molar-refractivity contribution in [2.24, 2.45) is 0 Å². The van der Waals surface area contributed by atoms with Crippen LogP contribution in [0, 0.1) is 6.92 Å². The van der Waals surface area contributed by atoms with Gasteiger partial charge in [0, 0.05) is 68.0 Å². The summed E-state index contributed by atoms with van der Waals surface area (Å²) in [6.07, 6.45) is 0. The number of nitrogens with zero attached hydrogens (tertiary/aromatic N) is 5. The number of rotatable bonds is 9. The van der Waals surface area contributed by atoms with Crippen molar-refractivity contribution in [3.8, 4) is 44.9 Å². The van der Waals surface area contributed by atoms with Gasteiger partial charge in [-0.2, -0.15) is 0 Å². The van der Waals surface area contributed by atoms with Gasteiger partial charge in [-0.25, -0.2) is 0 Å². The molecule has 0 saturated carbocycles. The summed E-state index contributed by atoms with van der Waals surface area (Å²) >= 11 is 0. The number of hydrogen-bond acceptors (Lipinski definition) is 6. The zero-order valence-electron chi connectivity index (χ0n) is 49.8. The van der Waals surface area contributed by atoms with E-state index in [1.165, 1.54) is 66.4 Å². The van der Waals surface area contributed by atoms with Gasteiger partial charge in [0.2, 0.25) is 0 Å². The fraction of sp³-hybridized carbons (Fsp3) is 0.0120. The fourth-order valence-electron chi connectivity index (χ4n) is 15.6. The summed E-state index contributed by atoms with van der Waals surface area (Å²) < 4.78 is 7.83. The van der Waals surface area contributed by atoms with E-state index in [0.29, 0.717) is 0 Å². The van der Waals surface area contributed by atoms with E-state index in [1.807, 2.05) is 0 Å². The predicted octanol–water partition coefficient (Wildman–Crippen LogP) is 18.2. The van der Waals surface area contributed by atoms with Crippen molar-refractivity contribution in [1.29, 1.82) is 0 Å². The van der Waals surface area contributed by atoms with Gasteiger partial charge in [-0.1, -0.05) is 231 Å². The molecule has 91 heavy (non-hydrogen) atoms. The Morgan fingerprint density at radius 3 is 1.13 bits per heavy atom. The van der Waals surface area contributed by atoms with Crippen LogP contribution in [0.15, 0.2) is 320 Å². The number of aryl methyl sites for hydroxylation is 1. The lowest BCUT2D eigenvalue weighted by molar-refractivity contribution is 0.598. The van der Waals surface area contributed by atoms with Crippen LogP contribution in [0.5, 0.6) is 0 Å². The van der Waals surface area contributed by atoms with E-state index in [-0.39, 0.29) is 13.4 Å². The number of para-hydroxylation sites is 4. The summed E-state index contributed by atoms with van der Waals surface area (Å²) in [6.45, 7) is 1.90. The van der Waals surface area contributed by atoms with E-state index in [4.69, 9.17) is 4.42 Å². The molecule has 14 aromatic rings. The highest BCUT2D eigenvalue weighted by molar-refractivity contribution is 7.03. The summed E-state index contributed by atoms with van der Waals surface area (Å²) in [6, 6.07) is 116. The highest BCUT2D eigenvalue weighted by Gasteiger charge is 2.54. The first kappa shape index (κ1) is 51.3. The fourth-order valence-corrected chi connectivity index (χ4v) is 15.6. The van der Waals surface area contributed by atoms with Gasteiger partial charge in [0.15, 0.2) is 11.5 Å². The quantitative estimate of drug-likeness (QED) is 0.134. The molecule has 424 valence electrons. The first-order chi connectivity index (χ1) is 45.1. The SMILES string of the molecule is Cc1cc2c3c(c1)N1c4c(ccc5c4N(c4cc(N(c6ccccc6)c6ccccc6)cc6c4B5c4ccc(-c5ccccc5)cc4N6c4ccccc4)c4c(-c5ccccc5)oc(-c5ccccc5)c41)B3c1cc(-c3ccccc3)ccc1N2c1ccccc1. The molecule has 0 saturated heterocycles. The Balaban J connectivity index is 0.987. The average Bonchev–Trinajstić information content (AvgIpc) is 1.65. The van der Waals surface area contributed by atoms with Crippen molar-refractivity contribution in [1.82, 2.24) is 0 Å². The van der Waals surface area contributed by atoms with Crippen LogP contribution in [0.4, 0.5) is 85.3 Å². The Bertz CT molecular complexity index is 5170. The summed E-state index contributed by atoms with van der Waals surface area (Å²) in [5.41, 5.74) is 31.8. The molecule has 19 rings (SSSR count). The first-order valence-electron chi connectivity index (χ1n) is 31.5. The molecule has 6 nitrogen and oxygen atoms in total. The first-order valence-corrected chi connectivity index (χ1v) is 31.5. The van der Waals surface area contributed by atoms with Gasteiger partial charge in [0.1, 0.15) is 11.4 Å². The maximum absolute atomic E-state index is 7.83. The molecule has 0 fully saturated rings. The predicted molar refractivity (Wildman–Crippen MR) is 381 cm³/mol. The van der Waals surface area contributed by atoms with Crippen molar-refractivity contribution in [3.05, 3.63) is 321 Å². The smallest absolute Gasteiger partial charge is 0.252 e. The summed E-state index contributed by atoms with van der Waals surface area (Å²) in [5.74, 6) is 1.60. The van der Waals surface area contributed by atoms with Crippen LogP contribution in [0.1, 0.15) is 5.56 Å². The van der Waals surface area contributed by atoms with Crippen molar-refractivity contribution in [2.75, 3.05) is 24.5 Å². The number of furan rings is 1. The minimum Gasteiger partial charge on any atom is -0.452 e. The van der Waals surface area contributed by atoms with E-state index < -0.39 is 0 Å². The van der Waals surface area contributed by atoms with Crippen molar-refractivity contribution < 1.29 is 4.42 Å². The van der Waals surface area contributed by atoms with E-state index >= 15 is 0 Å². The van der Waals surface area contributed by atoms with Gasteiger partial charge in [-0.3, -0.25) is 0 Å². The van der Waals surface area contributed by atoms with Crippen LogP contribution in [-0.2, 0) is 0 Å². The van der Waals surface area contributed by atoms with Crippen molar-refractivity contribution in [3.63, 3.8) is 0 Å². The minimum atomic E-state index is -0.201. The monoisotopic (exact) mass is 1160 g/mol. The molecule has 6 heterocycles. The molecule has 1 aromatic heterocycles. The van der Waals surface area contributed by atoms with Crippen LogP contribution in [0.2, 0.25) is 0 Å². The molecule has 0 unspecified atom stereocenters. The molecule has 0 spiro atoms. The molecule has 13 aromatic carbocycles. The molecule has 8 heteroatoms. The van der Waals surface area contributed by atoms with Crippen LogP contribution < -0.4 is 57.3 Å². The third kappa shape index (κ3) is 7.69. The Hall–Kier alpha value is -11.7. The highest BCUT2D eigenvalue weighted by Crippen LogP contribution is 2.64. The lowest BCUT2D eigenvalue weighted by Crippen LogP contribution is -2.65. The average molecular weight is 1160 g/mol. The van der Waals surface area contributed by atoms with Gasteiger partial charge in [0.05, 0.1) is 17.1 Å². The lowest BCUT2D eigenvalue weighted by atomic mass is 9.30. The number of benzene rings is 13. The molecule has 0 aliphatic carbocycles. The Morgan fingerprint density at radius 2 is 0.637 bits per heavy atom. The van der Waals surface area contributed by atoms with Crippen LogP contribution in [-0.4, -0.2) is 13.4 Å². The van der Waals surface area contributed by atoms with E-state index in [0.717, 1.165) is 102 Å². The molecule has 0 radical (unpaired) electrons. The second-order valence-corrected chi connectivity index (χ2v) is 24.4. The summed E-state index contributed by atoms with van der Waals surface area (Å²) in [7, 11) is 0. The van der Waals surface area contributed by atoms with Gasteiger partial charge in [-0.15, -0.1) is 0 Å². The Morgan fingerprint density at radius 1 is 0.264 bits per heavy atom. The number of anilines is 15. The van der Waals surface area contributed by atoms with E-state index in [2.05, 4.69) is 347 Å². The number of fused-ring (bicyclic) bond motifs is 11. The van der Waals surface area contributed by atoms with Gasteiger partial charge in [-0.05, 0) is 152 Å². The van der Waals surface area contributed by atoms with Crippen LogP contribution in [0.3, 0.4) is 0 Å².